The first-order valence-corrected chi connectivity index (χ1v) is 9.23. The van der Waals surface area contributed by atoms with Gasteiger partial charge in [0.25, 0.3) is 5.91 Å². The van der Waals surface area contributed by atoms with Gasteiger partial charge < -0.3 is 15.3 Å². The molecular weight excluding hydrogens is 328 g/mol. The zero-order chi connectivity index (χ0) is 18.7. The molecule has 0 atom stereocenters. The maximum atomic E-state index is 12.5. The van der Waals surface area contributed by atoms with Crippen LogP contribution in [-0.2, 0) is 6.54 Å². The van der Waals surface area contributed by atoms with Crippen molar-refractivity contribution >= 4 is 5.91 Å². The summed E-state index contributed by atoms with van der Waals surface area (Å²) in [5.74, 6) is 0.339. The number of hydrogen-bond acceptors (Lipinski definition) is 3. The molecule has 1 saturated heterocycles. The van der Waals surface area contributed by atoms with Gasteiger partial charge in [-0.25, -0.2) is 4.79 Å². The SMILES string of the molecule is CC(C)(C)NC(=O)c1[nH]c(=O)[nH]c1CN1CCC(c2ccccc2)CC1. The second-order valence-corrected chi connectivity index (χ2v) is 8.10. The minimum absolute atomic E-state index is 0.245. The van der Waals surface area contributed by atoms with Crippen LogP contribution in [0.4, 0.5) is 0 Å². The number of piperidine rings is 1. The Balaban J connectivity index is 1.64. The number of nitrogens with zero attached hydrogens (tertiary/aromatic N) is 1. The highest BCUT2D eigenvalue weighted by Gasteiger charge is 2.24. The lowest BCUT2D eigenvalue weighted by Gasteiger charge is -2.32. The van der Waals surface area contributed by atoms with Crippen LogP contribution in [0.15, 0.2) is 35.1 Å². The van der Waals surface area contributed by atoms with Crippen LogP contribution in [0.1, 0.15) is 61.3 Å². The van der Waals surface area contributed by atoms with E-state index in [1.54, 1.807) is 0 Å². The molecule has 3 N–H and O–H groups in total. The molecule has 26 heavy (non-hydrogen) atoms. The zero-order valence-corrected chi connectivity index (χ0v) is 15.8. The normalized spacial score (nSPS) is 16.6. The third kappa shape index (κ3) is 4.64. The third-order valence-electron chi connectivity index (χ3n) is 4.76. The first kappa shape index (κ1) is 18.5. The van der Waals surface area contributed by atoms with Gasteiger partial charge in [0, 0.05) is 12.1 Å². The Labute approximate surface area is 154 Å². The number of rotatable bonds is 4. The third-order valence-corrected chi connectivity index (χ3v) is 4.76. The average Bonchev–Trinajstić information content (AvgIpc) is 2.95. The molecule has 140 valence electrons. The molecule has 0 aliphatic carbocycles. The van der Waals surface area contributed by atoms with E-state index in [-0.39, 0.29) is 17.1 Å². The first-order chi connectivity index (χ1) is 12.3. The lowest BCUT2D eigenvalue weighted by atomic mass is 9.89. The molecule has 0 radical (unpaired) electrons. The van der Waals surface area contributed by atoms with Crippen molar-refractivity contribution in [2.45, 2.75) is 51.6 Å². The summed E-state index contributed by atoms with van der Waals surface area (Å²) < 4.78 is 0. The standard InChI is InChI=1S/C20H28N4O2/c1-20(2,3)23-18(25)17-16(21-19(26)22-17)13-24-11-9-15(10-12-24)14-7-5-4-6-8-14/h4-8,15H,9-13H2,1-3H3,(H,23,25)(H2,21,22,26). The summed E-state index contributed by atoms with van der Waals surface area (Å²) in [6.45, 7) is 8.24. The van der Waals surface area contributed by atoms with E-state index < -0.39 is 0 Å². The molecule has 0 unspecified atom stereocenters. The lowest BCUT2D eigenvalue weighted by Crippen LogP contribution is -2.41. The summed E-state index contributed by atoms with van der Waals surface area (Å²) in [7, 11) is 0. The highest BCUT2D eigenvalue weighted by Crippen LogP contribution is 2.28. The fourth-order valence-corrected chi connectivity index (χ4v) is 3.51. The number of carbonyl (C=O) groups excluding carboxylic acids is 1. The van der Waals surface area contributed by atoms with E-state index in [0.29, 0.717) is 23.9 Å². The lowest BCUT2D eigenvalue weighted by molar-refractivity contribution is 0.0912. The van der Waals surface area contributed by atoms with E-state index in [1.165, 1.54) is 5.56 Å². The smallest absolute Gasteiger partial charge is 0.323 e. The minimum Gasteiger partial charge on any atom is -0.346 e. The van der Waals surface area contributed by atoms with Gasteiger partial charge in [-0.3, -0.25) is 9.69 Å². The van der Waals surface area contributed by atoms with Crippen LogP contribution in [0.3, 0.4) is 0 Å². The number of carbonyl (C=O) groups is 1. The fourth-order valence-electron chi connectivity index (χ4n) is 3.51. The van der Waals surface area contributed by atoms with Crippen molar-refractivity contribution in [3.8, 4) is 0 Å². The summed E-state index contributed by atoms with van der Waals surface area (Å²) in [5, 5.41) is 2.91. The van der Waals surface area contributed by atoms with Crippen molar-refractivity contribution in [3.05, 3.63) is 57.8 Å². The van der Waals surface area contributed by atoms with Gasteiger partial charge in [-0.15, -0.1) is 0 Å². The molecule has 6 heteroatoms. The van der Waals surface area contributed by atoms with E-state index in [0.717, 1.165) is 25.9 Å². The highest BCUT2D eigenvalue weighted by atomic mass is 16.2. The Bertz CT molecular complexity index is 793. The predicted molar refractivity (Wildman–Crippen MR) is 102 cm³/mol. The average molecular weight is 356 g/mol. The van der Waals surface area contributed by atoms with Crippen LogP contribution in [0, 0.1) is 0 Å². The quantitative estimate of drug-likeness (QED) is 0.788. The van der Waals surface area contributed by atoms with Crippen molar-refractivity contribution in [1.29, 1.82) is 0 Å². The first-order valence-electron chi connectivity index (χ1n) is 9.23. The number of hydrogen-bond donors (Lipinski definition) is 3. The highest BCUT2D eigenvalue weighted by molar-refractivity contribution is 5.93. The van der Waals surface area contributed by atoms with Crippen LogP contribution in [-0.4, -0.2) is 39.4 Å². The second kappa shape index (κ2) is 7.50. The number of H-pyrrole nitrogens is 2. The van der Waals surface area contributed by atoms with E-state index in [1.807, 2.05) is 26.8 Å². The number of amides is 1. The number of imidazole rings is 1. The molecule has 1 aliphatic rings. The number of aromatic nitrogens is 2. The van der Waals surface area contributed by atoms with Gasteiger partial charge in [0.15, 0.2) is 0 Å². The van der Waals surface area contributed by atoms with E-state index in [4.69, 9.17) is 0 Å². The largest absolute Gasteiger partial charge is 0.346 e. The molecule has 0 spiro atoms. The van der Waals surface area contributed by atoms with Gasteiger partial charge in [-0.1, -0.05) is 30.3 Å². The molecule has 1 aromatic heterocycles. The molecule has 1 amide bonds. The molecule has 2 heterocycles. The van der Waals surface area contributed by atoms with E-state index >= 15 is 0 Å². The molecule has 1 fully saturated rings. The number of nitrogens with one attached hydrogen (secondary N) is 3. The van der Waals surface area contributed by atoms with Crippen LogP contribution in [0.25, 0.3) is 0 Å². The van der Waals surface area contributed by atoms with Crippen LogP contribution in [0.2, 0.25) is 0 Å². The van der Waals surface area contributed by atoms with Gasteiger partial charge in [-0.2, -0.15) is 0 Å². The van der Waals surface area contributed by atoms with Crippen molar-refractivity contribution < 1.29 is 4.79 Å². The van der Waals surface area contributed by atoms with Crippen LogP contribution >= 0.6 is 0 Å². The number of aromatic amines is 2. The minimum atomic E-state index is -0.351. The van der Waals surface area contributed by atoms with Crippen molar-refractivity contribution in [2.24, 2.45) is 0 Å². The molecular formula is C20H28N4O2. The van der Waals surface area contributed by atoms with E-state index in [2.05, 4.69) is 44.5 Å². The summed E-state index contributed by atoms with van der Waals surface area (Å²) in [5.41, 5.74) is 1.71. The molecule has 1 aliphatic heterocycles. The number of likely N-dealkylation sites (tertiary alicyclic amines) is 1. The topological polar surface area (TPSA) is 81.0 Å². The number of benzene rings is 1. The van der Waals surface area contributed by atoms with Crippen LogP contribution in [0.5, 0.6) is 0 Å². The summed E-state index contributed by atoms with van der Waals surface area (Å²) in [6, 6.07) is 10.6. The summed E-state index contributed by atoms with van der Waals surface area (Å²) in [4.78, 5) is 31.9. The Kier molecular flexibility index (Phi) is 5.32. The molecule has 2 aromatic rings. The maximum absolute atomic E-state index is 12.5. The van der Waals surface area contributed by atoms with Gasteiger partial charge in [-0.05, 0) is 58.2 Å². The fraction of sp³-hybridized carbons (Fsp3) is 0.500. The predicted octanol–water partition coefficient (Wildman–Crippen LogP) is 2.61. The Morgan fingerprint density at radius 1 is 1.15 bits per heavy atom. The Hall–Kier alpha value is -2.34. The molecule has 1 aromatic carbocycles. The Morgan fingerprint density at radius 2 is 1.81 bits per heavy atom. The van der Waals surface area contributed by atoms with Crippen LogP contribution < -0.4 is 11.0 Å². The van der Waals surface area contributed by atoms with Crippen molar-refractivity contribution in [2.75, 3.05) is 13.1 Å². The Morgan fingerprint density at radius 3 is 2.42 bits per heavy atom. The van der Waals surface area contributed by atoms with Crippen molar-refractivity contribution in [3.63, 3.8) is 0 Å². The monoisotopic (exact) mass is 356 g/mol. The second-order valence-electron chi connectivity index (χ2n) is 8.10. The van der Waals surface area contributed by atoms with Crippen molar-refractivity contribution in [1.82, 2.24) is 20.2 Å². The summed E-state index contributed by atoms with van der Waals surface area (Å²) in [6.07, 6.45) is 2.17. The molecule has 0 bridgehead atoms. The zero-order valence-electron chi connectivity index (χ0n) is 15.8. The van der Waals surface area contributed by atoms with Gasteiger partial charge in [0.1, 0.15) is 5.69 Å². The van der Waals surface area contributed by atoms with E-state index in [9.17, 15) is 9.59 Å². The van der Waals surface area contributed by atoms with Gasteiger partial charge >= 0.3 is 5.69 Å². The van der Waals surface area contributed by atoms with Gasteiger partial charge in [0.2, 0.25) is 0 Å². The maximum Gasteiger partial charge on any atom is 0.323 e. The molecule has 3 rings (SSSR count). The molecule has 6 nitrogen and oxygen atoms in total. The summed E-state index contributed by atoms with van der Waals surface area (Å²) >= 11 is 0. The molecule has 0 saturated carbocycles. The van der Waals surface area contributed by atoms with Gasteiger partial charge in [0.05, 0.1) is 5.69 Å².